The molecule has 0 radical (unpaired) electrons. The summed E-state index contributed by atoms with van der Waals surface area (Å²) in [4.78, 5) is 4.06. The Morgan fingerprint density at radius 3 is 2.86 bits per heavy atom. The first-order valence-electron chi connectivity index (χ1n) is 4.54. The monoisotopic (exact) mass is 206 g/mol. The number of pyridine rings is 1. The minimum absolute atomic E-state index is 0.652. The summed E-state index contributed by atoms with van der Waals surface area (Å²) in [6, 6.07) is 5.90. The number of hydrogen-bond donors (Lipinski definition) is 1. The van der Waals surface area contributed by atoms with Gasteiger partial charge in [0.2, 0.25) is 0 Å². The molecule has 0 fully saturated rings. The largest absolute Gasteiger partial charge is 0.330 e. The molecule has 0 spiro atoms. The summed E-state index contributed by atoms with van der Waals surface area (Å²) < 4.78 is 0. The Hall–Kier alpha value is -1.12. The van der Waals surface area contributed by atoms with E-state index in [4.69, 9.17) is 17.3 Å². The van der Waals surface area contributed by atoms with Gasteiger partial charge in [0.25, 0.3) is 0 Å². The number of benzene rings is 1. The number of hydrogen-bond acceptors (Lipinski definition) is 2. The Kier molecular flexibility index (Phi) is 2.66. The predicted molar refractivity (Wildman–Crippen MR) is 59.5 cm³/mol. The van der Waals surface area contributed by atoms with Gasteiger partial charge in [-0.3, -0.25) is 4.98 Å². The number of fused-ring (bicyclic) bond motifs is 1. The van der Waals surface area contributed by atoms with Crippen LogP contribution >= 0.6 is 11.6 Å². The van der Waals surface area contributed by atoms with Crippen LogP contribution in [0, 0.1) is 0 Å². The molecule has 1 heterocycles. The zero-order chi connectivity index (χ0) is 9.97. The van der Waals surface area contributed by atoms with Gasteiger partial charge in [-0.25, -0.2) is 0 Å². The molecule has 0 atom stereocenters. The van der Waals surface area contributed by atoms with E-state index in [0.717, 1.165) is 22.2 Å². The summed E-state index contributed by atoms with van der Waals surface area (Å²) in [6.07, 6.45) is 4.44. The highest BCUT2D eigenvalue weighted by atomic mass is 35.5. The maximum atomic E-state index is 6.06. The van der Waals surface area contributed by atoms with E-state index in [1.165, 1.54) is 5.56 Å². The van der Waals surface area contributed by atoms with Gasteiger partial charge in [-0.2, -0.15) is 0 Å². The van der Waals surface area contributed by atoms with Crippen LogP contribution in [-0.4, -0.2) is 11.5 Å². The fraction of sp³-hybridized carbons (Fsp3) is 0.182. The summed E-state index contributed by atoms with van der Waals surface area (Å²) in [5.74, 6) is 0. The predicted octanol–water partition coefficient (Wildman–Crippen LogP) is 2.39. The molecule has 72 valence electrons. The zero-order valence-electron chi connectivity index (χ0n) is 7.70. The van der Waals surface area contributed by atoms with Crippen molar-refractivity contribution in [3.63, 3.8) is 0 Å². The van der Waals surface area contributed by atoms with E-state index in [0.29, 0.717) is 6.54 Å². The summed E-state index contributed by atoms with van der Waals surface area (Å²) in [5, 5.41) is 2.90. The molecule has 2 rings (SSSR count). The van der Waals surface area contributed by atoms with Gasteiger partial charge in [-0.05, 0) is 36.0 Å². The Bertz CT molecular complexity index is 454. The van der Waals surface area contributed by atoms with Gasteiger partial charge in [-0.1, -0.05) is 17.7 Å². The van der Waals surface area contributed by atoms with Gasteiger partial charge in [0.1, 0.15) is 0 Å². The summed E-state index contributed by atoms with van der Waals surface area (Å²) in [5.41, 5.74) is 6.77. The molecular weight excluding hydrogens is 196 g/mol. The average Bonchev–Trinajstić information content (AvgIpc) is 2.23. The number of rotatable bonds is 2. The summed E-state index contributed by atoms with van der Waals surface area (Å²) in [7, 11) is 0. The van der Waals surface area contributed by atoms with Gasteiger partial charge < -0.3 is 5.73 Å². The highest BCUT2D eigenvalue weighted by Gasteiger charge is 2.03. The maximum Gasteiger partial charge on any atom is 0.0500 e. The van der Waals surface area contributed by atoms with Gasteiger partial charge in [0, 0.05) is 22.8 Å². The van der Waals surface area contributed by atoms with Crippen molar-refractivity contribution in [3.8, 4) is 0 Å². The van der Waals surface area contributed by atoms with Crippen LogP contribution < -0.4 is 5.73 Å². The van der Waals surface area contributed by atoms with Crippen LogP contribution in [0.25, 0.3) is 10.8 Å². The smallest absolute Gasteiger partial charge is 0.0500 e. The van der Waals surface area contributed by atoms with Crippen molar-refractivity contribution in [1.82, 2.24) is 4.98 Å². The van der Waals surface area contributed by atoms with E-state index in [1.54, 1.807) is 12.4 Å². The summed E-state index contributed by atoms with van der Waals surface area (Å²) >= 11 is 6.06. The summed E-state index contributed by atoms with van der Waals surface area (Å²) in [6.45, 7) is 0.652. The van der Waals surface area contributed by atoms with Crippen LogP contribution in [-0.2, 0) is 6.42 Å². The third kappa shape index (κ3) is 1.59. The maximum absolute atomic E-state index is 6.06. The van der Waals surface area contributed by atoms with E-state index < -0.39 is 0 Å². The lowest BCUT2D eigenvalue weighted by Gasteiger charge is -2.05. The van der Waals surface area contributed by atoms with E-state index in [2.05, 4.69) is 4.98 Å². The first kappa shape index (κ1) is 9.44. The van der Waals surface area contributed by atoms with Crippen LogP contribution in [0.2, 0.25) is 5.02 Å². The minimum Gasteiger partial charge on any atom is -0.330 e. The van der Waals surface area contributed by atoms with Crippen LogP contribution in [0.5, 0.6) is 0 Å². The second-order valence-electron chi connectivity index (χ2n) is 3.17. The lowest BCUT2D eigenvalue weighted by Crippen LogP contribution is -2.03. The third-order valence-electron chi connectivity index (χ3n) is 2.27. The quantitative estimate of drug-likeness (QED) is 0.820. The first-order chi connectivity index (χ1) is 6.83. The molecule has 0 saturated carbocycles. The van der Waals surface area contributed by atoms with Crippen molar-refractivity contribution in [2.75, 3.05) is 6.54 Å². The van der Waals surface area contributed by atoms with Crippen LogP contribution in [0.4, 0.5) is 0 Å². The molecular formula is C11H11ClN2. The molecule has 2 N–H and O–H groups in total. The van der Waals surface area contributed by atoms with Gasteiger partial charge >= 0.3 is 0 Å². The van der Waals surface area contributed by atoms with Crippen molar-refractivity contribution in [1.29, 1.82) is 0 Å². The third-order valence-corrected chi connectivity index (χ3v) is 2.60. The van der Waals surface area contributed by atoms with E-state index >= 15 is 0 Å². The molecule has 0 aliphatic heterocycles. The highest BCUT2D eigenvalue weighted by Crippen LogP contribution is 2.25. The fourth-order valence-electron chi connectivity index (χ4n) is 1.59. The lowest BCUT2D eigenvalue weighted by molar-refractivity contribution is 0.977. The van der Waals surface area contributed by atoms with Crippen LogP contribution in [0.15, 0.2) is 30.6 Å². The van der Waals surface area contributed by atoms with E-state index in [1.807, 2.05) is 18.2 Å². The van der Waals surface area contributed by atoms with Crippen LogP contribution in [0.3, 0.4) is 0 Å². The van der Waals surface area contributed by atoms with Gasteiger partial charge in [-0.15, -0.1) is 0 Å². The van der Waals surface area contributed by atoms with Gasteiger partial charge in [0.15, 0.2) is 0 Å². The van der Waals surface area contributed by atoms with E-state index in [9.17, 15) is 0 Å². The average molecular weight is 207 g/mol. The number of aromatic nitrogens is 1. The topological polar surface area (TPSA) is 38.9 Å². The lowest BCUT2D eigenvalue weighted by atomic mass is 10.0. The Morgan fingerprint density at radius 2 is 2.07 bits per heavy atom. The molecule has 1 aromatic heterocycles. The highest BCUT2D eigenvalue weighted by molar-refractivity contribution is 6.35. The Labute approximate surface area is 87.7 Å². The molecule has 0 aliphatic carbocycles. The van der Waals surface area contributed by atoms with Crippen molar-refractivity contribution < 1.29 is 0 Å². The molecule has 0 amide bonds. The zero-order valence-corrected chi connectivity index (χ0v) is 8.46. The Morgan fingerprint density at radius 1 is 1.21 bits per heavy atom. The molecule has 1 aromatic carbocycles. The second kappa shape index (κ2) is 3.95. The molecule has 0 saturated heterocycles. The fourth-order valence-corrected chi connectivity index (χ4v) is 1.81. The minimum atomic E-state index is 0.652. The Balaban J connectivity index is 2.68. The normalized spacial score (nSPS) is 10.7. The molecule has 3 heteroatoms. The second-order valence-corrected chi connectivity index (χ2v) is 3.57. The van der Waals surface area contributed by atoms with Crippen molar-refractivity contribution in [2.45, 2.75) is 6.42 Å². The molecule has 14 heavy (non-hydrogen) atoms. The molecule has 0 unspecified atom stereocenters. The van der Waals surface area contributed by atoms with Gasteiger partial charge in [0.05, 0.1) is 0 Å². The van der Waals surface area contributed by atoms with Crippen molar-refractivity contribution in [2.24, 2.45) is 5.73 Å². The molecule has 2 nitrogen and oxygen atoms in total. The van der Waals surface area contributed by atoms with Crippen molar-refractivity contribution >= 4 is 22.4 Å². The van der Waals surface area contributed by atoms with E-state index in [-0.39, 0.29) is 0 Å². The standard InChI is InChI=1S/C11H11ClN2/c12-11-2-1-8(3-5-13)9-4-6-14-7-10(9)11/h1-2,4,6-7H,3,5,13H2. The number of halogens is 1. The van der Waals surface area contributed by atoms with Crippen molar-refractivity contribution in [3.05, 3.63) is 41.2 Å². The number of nitrogens with two attached hydrogens (primary N) is 1. The number of nitrogens with zero attached hydrogens (tertiary/aromatic N) is 1. The SMILES string of the molecule is NCCc1ccc(Cl)c2cnccc12. The molecule has 2 aromatic rings. The van der Waals surface area contributed by atoms with Crippen LogP contribution in [0.1, 0.15) is 5.56 Å². The molecule has 0 bridgehead atoms. The molecule has 0 aliphatic rings. The first-order valence-corrected chi connectivity index (χ1v) is 4.92.